The molecule has 0 amide bonds. The monoisotopic (exact) mass is 261 g/mol. The minimum atomic E-state index is -0.551. The third-order valence-corrected chi connectivity index (χ3v) is 4.03. The molecule has 0 saturated heterocycles. The number of hydrogen-bond acceptors (Lipinski definition) is 3. The molecule has 2 atom stereocenters. The molecule has 1 aromatic rings. The zero-order valence-electron chi connectivity index (χ0n) is 11.8. The van der Waals surface area contributed by atoms with E-state index in [2.05, 4.69) is 18.3 Å². The number of aliphatic hydroxyl groups is 1. The van der Waals surface area contributed by atoms with Crippen molar-refractivity contribution in [3.8, 4) is 6.07 Å². The van der Waals surface area contributed by atoms with Gasteiger partial charge in [0.2, 0.25) is 0 Å². The van der Waals surface area contributed by atoms with E-state index in [1.54, 1.807) is 0 Å². The first-order valence-electron chi connectivity index (χ1n) is 7.01. The molecular weight excluding hydrogens is 238 g/mol. The van der Waals surface area contributed by atoms with Gasteiger partial charge in [0.25, 0.3) is 0 Å². The molecule has 1 saturated carbocycles. The molecule has 1 fully saturated rings. The predicted octanol–water partition coefficient (Wildman–Crippen LogP) is 1.93. The Bertz CT molecular complexity index is 474. The molecule has 4 heteroatoms. The van der Waals surface area contributed by atoms with Gasteiger partial charge in [0.1, 0.15) is 11.8 Å². The molecule has 104 valence electrons. The van der Waals surface area contributed by atoms with Crippen molar-refractivity contribution in [3.63, 3.8) is 0 Å². The zero-order valence-corrected chi connectivity index (χ0v) is 11.8. The Morgan fingerprint density at radius 3 is 3.05 bits per heavy atom. The van der Waals surface area contributed by atoms with E-state index < -0.39 is 5.60 Å². The van der Waals surface area contributed by atoms with Crippen LogP contribution in [0.1, 0.15) is 43.9 Å². The van der Waals surface area contributed by atoms with E-state index in [4.69, 9.17) is 5.26 Å². The molecular formula is C15H23N3O. The summed E-state index contributed by atoms with van der Waals surface area (Å²) in [4.78, 5) is 0. The van der Waals surface area contributed by atoms with E-state index in [9.17, 15) is 5.11 Å². The molecule has 2 N–H and O–H groups in total. The fourth-order valence-corrected chi connectivity index (χ4v) is 3.07. The molecule has 2 rings (SSSR count). The molecule has 2 unspecified atom stereocenters. The molecule has 1 aliphatic rings. The Morgan fingerprint density at radius 2 is 2.42 bits per heavy atom. The van der Waals surface area contributed by atoms with E-state index in [1.807, 2.05) is 23.9 Å². The van der Waals surface area contributed by atoms with Crippen LogP contribution in [0.3, 0.4) is 0 Å². The van der Waals surface area contributed by atoms with Gasteiger partial charge >= 0.3 is 0 Å². The van der Waals surface area contributed by atoms with Gasteiger partial charge in [-0.1, -0.05) is 19.8 Å². The van der Waals surface area contributed by atoms with Gasteiger partial charge in [0.15, 0.2) is 0 Å². The molecule has 0 spiro atoms. The van der Waals surface area contributed by atoms with E-state index >= 15 is 0 Å². The van der Waals surface area contributed by atoms with Crippen molar-refractivity contribution < 1.29 is 5.11 Å². The van der Waals surface area contributed by atoms with Crippen LogP contribution in [0, 0.1) is 17.2 Å². The third-order valence-electron chi connectivity index (χ3n) is 4.03. The first-order valence-corrected chi connectivity index (χ1v) is 7.01. The van der Waals surface area contributed by atoms with Crippen molar-refractivity contribution in [1.29, 1.82) is 5.26 Å². The van der Waals surface area contributed by atoms with E-state index in [0.29, 0.717) is 24.7 Å². The number of hydrogen-bond donors (Lipinski definition) is 2. The molecule has 0 aromatic carbocycles. The molecule has 0 bridgehead atoms. The number of rotatable bonds is 4. The fourth-order valence-electron chi connectivity index (χ4n) is 3.07. The SMILES string of the molecule is CC1CCCC(O)(CNCc2cc(C#N)n(C)c2)C1. The van der Waals surface area contributed by atoms with E-state index in [-0.39, 0.29) is 0 Å². The Hall–Kier alpha value is -1.31. The second-order valence-corrected chi connectivity index (χ2v) is 5.99. The van der Waals surface area contributed by atoms with Crippen molar-refractivity contribution in [2.45, 2.75) is 44.8 Å². The average Bonchev–Trinajstić information content (AvgIpc) is 2.69. The van der Waals surface area contributed by atoms with Crippen molar-refractivity contribution >= 4 is 0 Å². The molecule has 0 radical (unpaired) electrons. The third kappa shape index (κ3) is 3.59. The maximum atomic E-state index is 10.5. The number of nitriles is 1. The van der Waals surface area contributed by atoms with Gasteiger partial charge in [-0.3, -0.25) is 0 Å². The minimum Gasteiger partial charge on any atom is -0.389 e. The maximum Gasteiger partial charge on any atom is 0.120 e. The lowest BCUT2D eigenvalue weighted by atomic mass is 9.79. The van der Waals surface area contributed by atoms with Gasteiger partial charge < -0.3 is 15.0 Å². The highest BCUT2D eigenvalue weighted by Gasteiger charge is 2.31. The second kappa shape index (κ2) is 5.77. The van der Waals surface area contributed by atoms with Gasteiger partial charge in [-0.05, 0) is 30.4 Å². The Balaban J connectivity index is 1.84. The van der Waals surface area contributed by atoms with Gasteiger partial charge in [-0.25, -0.2) is 0 Å². The largest absolute Gasteiger partial charge is 0.389 e. The van der Waals surface area contributed by atoms with Crippen LogP contribution in [0.2, 0.25) is 0 Å². The quantitative estimate of drug-likeness (QED) is 0.870. The lowest BCUT2D eigenvalue weighted by Gasteiger charge is -2.35. The molecule has 0 aliphatic heterocycles. The summed E-state index contributed by atoms with van der Waals surface area (Å²) in [6, 6.07) is 4.04. The summed E-state index contributed by atoms with van der Waals surface area (Å²) in [6.07, 6.45) is 6.08. The Labute approximate surface area is 115 Å². The summed E-state index contributed by atoms with van der Waals surface area (Å²) >= 11 is 0. The van der Waals surface area contributed by atoms with Gasteiger partial charge in [0, 0.05) is 26.3 Å². The van der Waals surface area contributed by atoms with Crippen molar-refractivity contribution in [1.82, 2.24) is 9.88 Å². The molecule has 1 heterocycles. The van der Waals surface area contributed by atoms with Crippen LogP contribution in [0.25, 0.3) is 0 Å². The maximum absolute atomic E-state index is 10.5. The van der Waals surface area contributed by atoms with Crippen LogP contribution in [0.4, 0.5) is 0 Å². The first kappa shape index (κ1) is 14.1. The Morgan fingerprint density at radius 1 is 1.63 bits per heavy atom. The minimum absolute atomic E-state index is 0.551. The fraction of sp³-hybridized carbons (Fsp3) is 0.667. The van der Waals surface area contributed by atoms with Crippen molar-refractivity contribution in [2.75, 3.05) is 6.54 Å². The lowest BCUT2D eigenvalue weighted by Crippen LogP contribution is -2.43. The molecule has 1 aromatic heterocycles. The highest BCUT2D eigenvalue weighted by Crippen LogP contribution is 2.31. The van der Waals surface area contributed by atoms with E-state index in [1.165, 1.54) is 6.42 Å². The average molecular weight is 261 g/mol. The number of nitrogens with one attached hydrogen (secondary N) is 1. The van der Waals surface area contributed by atoms with Crippen LogP contribution in [0.15, 0.2) is 12.3 Å². The summed E-state index contributed by atoms with van der Waals surface area (Å²) in [5.74, 6) is 0.613. The molecule has 19 heavy (non-hydrogen) atoms. The summed E-state index contributed by atoms with van der Waals surface area (Å²) in [5.41, 5.74) is 1.21. The highest BCUT2D eigenvalue weighted by molar-refractivity contribution is 5.28. The highest BCUT2D eigenvalue weighted by atomic mass is 16.3. The number of aryl methyl sites for hydroxylation is 1. The molecule has 4 nitrogen and oxygen atoms in total. The van der Waals surface area contributed by atoms with E-state index in [0.717, 1.165) is 24.8 Å². The summed E-state index contributed by atoms with van der Waals surface area (Å²) in [7, 11) is 1.87. The van der Waals surface area contributed by atoms with Crippen LogP contribution >= 0.6 is 0 Å². The van der Waals surface area contributed by atoms with Crippen LogP contribution in [0.5, 0.6) is 0 Å². The summed E-state index contributed by atoms with van der Waals surface area (Å²) < 4.78 is 1.83. The standard InChI is InChI=1S/C15H23N3O/c1-12-4-3-5-15(19,7-12)11-17-9-13-6-14(8-16)18(2)10-13/h6,10,12,17,19H,3-5,7,9,11H2,1-2H3. The smallest absolute Gasteiger partial charge is 0.120 e. The first-order chi connectivity index (χ1) is 9.02. The molecule has 1 aliphatic carbocycles. The van der Waals surface area contributed by atoms with Crippen LogP contribution < -0.4 is 5.32 Å². The van der Waals surface area contributed by atoms with Crippen molar-refractivity contribution in [3.05, 3.63) is 23.5 Å². The second-order valence-electron chi connectivity index (χ2n) is 5.99. The number of nitrogens with zero attached hydrogens (tertiary/aromatic N) is 2. The van der Waals surface area contributed by atoms with Crippen LogP contribution in [-0.4, -0.2) is 21.8 Å². The summed E-state index contributed by atoms with van der Waals surface area (Å²) in [6.45, 7) is 3.54. The lowest BCUT2D eigenvalue weighted by molar-refractivity contribution is -0.0119. The topological polar surface area (TPSA) is 61.0 Å². The number of aromatic nitrogens is 1. The van der Waals surface area contributed by atoms with Crippen molar-refractivity contribution in [2.24, 2.45) is 13.0 Å². The Kier molecular flexibility index (Phi) is 4.28. The summed E-state index contributed by atoms with van der Waals surface area (Å²) in [5, 5.41) is 22.7. The van der Waals surface area contributed by atoms with Gasteiger partial charge in [-0.15, -0.1) is 0 Å². The van der Waals surface area contributed by atoms with Crippen LogP contribution in [-0.2, 0) is 13.6 Å². The predicted molar refractivity (Wildman–Crippen MR) is 74.4 cm³/mol. The van der Waals surface area contributed by atoms with Gasteiger partial charge in [0.05, 0.1) is 5.60 Å². The van der Waals surface area contributed by atoms with Gasteiger partial charge in [-0.2, -0.15) is 5.26 Å². The normalized spacial score (nSPS) is 27.2. The zero-order chi connectivity index (χ0) is 13.9.